The maximum absolute atomic E-state index is 6.07. The van der Waals surface area contributed by atoms with Crippen molar-refractivity contribution in [3.8, 4) is 17.2 Å². The lowest BCUT2D eigenvalue weighted by atomic mass is 9.98. The predicted molar refractivity (Wildman–Crippen MR) is 130 cm³/mol. The van der Waals surface area contributed by atoms with Crippen molar-refractivity contribution in [2.24, 2.45) is 10.7 Å². The highest BCUT2D eigenvalue weighted by molar-refractivity contribution is 14.0. The third kappa shape index (κ3) is 6.42. The van der Waals surface area contributed by atoms with Crippen LogP contribution in [0.3, 0.4) is 0 Å². The first kappa shape index (κ1) is 22.5. The Hall–Kier alpha value is -2.16. The summed E-state index contributed by atoms with van der Waals surface area (Å²) in [6.07, 6.45) is 7.44. The Bertz CT molecular complexity index is 836. The molecule has 4 rings (SSSR count). The number of benzene rings is 2. The summed E-state index contributed by atoms with van der Waals surface area (Å²) in [7, 11) is 0. The third-order valence-electron chi connectivity index (χ3n) is 5.23. The van der Waals surface area contributed by atoms with E-state index in [4.69, 9.17) is 19.9 Å². The molecule has 162 valence electrons. The summed E-state index contributed by atoms with van der Waals surface area (Å²) < 4.78 is 17.4. The van der Waals surface area contributed by atoms with Gasteiger partial charge in [-0.2, -0.15) is 0 Å². The van der Waals surface area contributed by atoms with Crippen LogP contribution in [0.15, 0.2) is 47.5 Å². The Kier molecular flexibility index (Phi) is 8.48. The number of nitrogens with two attached hydrogens (primary N) is 1. The van der Waals surface area contributed by atoms with Crippen molar-refractivity contribution in [1.29, 1.82) is 0 Å². The number of halogens is 1. The topological polar surface area (TPSA) is 78.1 Å². The first-order valence-corrected chi connectivity index (χ1v) is 10.5. The molecule has 0 atom stereocenters. The van der Waals surface area contributed by atoms with E-state index in [0.717, 1.165) is 47.8 Å². The standard InChI is InChI=1S/C23H29N3O3.HI/c24-23(26-18-9-12-21-22(15-18)28-14-4-13-27-21)25-16-17-7-10-20(11-8-17)29-19-5-2-1-3-6-19;/h7-12,15,19H,1-6,13-14,16H2,(H3,24,25,26);1H. The Morgan fingerprint density at radius 1 is 0.967 bits per heavy atom. The fourth-order valence-corrected chi connectivity index (χ4v) is 3.65. The molecule has 1 aliphatic heterocycles. The number of nitrogens with zero attached hydrogens (tertiary/aromatic N) is 1. The molecule has 1 saturated carbocycles. The van der Waals surface area contributed by atoms with Crippen molar-refractivity contribution in [2.75, 3.05) is 18.5 Å². The van der Waals surface area contributed by atoms with E-state index in [1.54, 1.807) is 0 Å². The van der Waals surface area contributed by atoms with Crippen LogP contribution in [-0.2, 0) is 6.54 Å². The van der Waals surface area contributed by atoms with Crippen LogP contribution in [0.1, 0.15) is 44.1 Å². The Labute approximate surface area is 195 Å². The quantitative estimate of drug-likeness (QED) is 0.324. The zero-order chi connectivity index (χ0) is 19.9. The number of fused-ring (bicyclic) bond motifs is 1. The zero-order valence-electron chi connectivity index (χ0n) is 17.1. The maximum Gasteiger partial charge on any atom is 0.193 e. The van der Waals surface area contributed by atoms with Gasteiger partial charge in [-0.3, -0.25) is 0 Å². The molecular formula is C23H30IN3O3. The zero-order valence-corrected chi connectivity index (χ0v) is 19.5. The van der Waals surface area contributed by atoms with Gasteiger partial charge in [0.15, 0.2) is 17.5 Å². The molecular weight excluding hydrogens is 493 g/mol. The highest BCUT2D eigenvalue weighted by Gasteiger charge is 2.14. The third-order valence-corrected chi connectivity index (χ3v) is 5.23. The van der Waals surface area contributed by atoms with E-state index in [-0.39, 0.29) is 24.0 Å². The van der Waals surface area contributed by atoms with Crippen LogP contribution in [0.25, 0.3) is 0 Å². The first-order valence-electron chi connectivity index (χ1n) is 10.5. The average molecular weight is 523 g/mol. The van der Waals surface area contributed by atoms with Crippen molar-refractivity contribution < 1.29 is 14.2 Å². The summed E-state index contributed by atoms with van der Waals surface area (Å²) in [6.45, 7) is 1.83. The fraction of sp³-hybridized carbons (Fsp3) is 0.435. The fourth-order valence-electron chi connectivity index (χ4n) is 3.65. The van der Waals surface area contributed by atoms with Gasteiger partial charge < -0.3 is 25.3 Å². The van der Waals surface area contributed by atoms with Gasteiger partial charge in [-0.1, -0.05) is 18.6 Å². The SMILES string of the molecule is I.NC(=NCc1ccc(OC2CCCCC2)cc1)Nc1ccc2c(c1)OCCCO2. The summed E-state index contributed by atoms with van der Waals surface area (Å²) in [5.74, 6) is 2.79. The summed E-state index contributed by atoms with van der Waals surface area (Å²) >= 11 is 0. The molecule has 1 fully saturated rings. The Morgan fingerprint density at radius 3 is 2.47 bits per heavy atom. The van der Waals surface area contributed by atoms with Gasteiger partial charge >= 0.3 is 0 Å². The predicted octanol–water partition coefficient (Wildman–Crippen LogP) is 5.10. The van der Waals surface area contributed by atoms with Crippen LogP contribution in [0, 0.1) is 0 Å². The lowest BCUT2D eigenvalue weighted by Crippen LogP contribution is -2.22. The van der Waals surface area contributed by atoms with Crippen molar-refractivity contribution in [1.82, 2.24) is 0 Å². The second kappa shape index (κ2) is 11.3. The van der Waals surface area contributed by atoms with Crippen molar-refractivity contribution in [3.05, 3.63) is 48.0 Å². The minimum absolute atomic E-state index is 0. The molecule has 0 bridgehead atoms. The summed E-state index contributed by atoms with van der Waals surface area (Å²) in [5, 5.41) is 3.12. The first-order chi connectivity index (χ1) is 14.3. The van der Waals surface area contributed by atoms with E-state index >= 15 is 0 Å². The molecule has 0 spiro atoms. The molecule has 30 heavy (non-hydrogen) atoms. The van der Waals surface area contributed by atoms with Crippen molar-refractivity contribution in [3.63, 3.8) is 0 Å². The Morgan fingerprint density at radius 2 is 1.70 bits per heavy atom. The van der Waals surface area contributed by atoms with Gasteiger partial charge in [0, 0.05) is 18.2 Å². The van der Waals surface area contributed by atoms with Crippen LogP contribution in [0.4, 0.5) is 5.69 Å². The van der Waals surface area contributed by atoms with Crippen LogP contribution >= 0.6 is 24.0 Å². The number of aliphatic imine (C=N–C) groups is 1. The molecule has 6 nitrogen and oxygen atoms in total. The van der Waals surface area contributed by atoms with Gasteiger partial charge in [-0.25, -0.2) is 4.99 Å². The highest BCUT2D eigenvalue weighted by Crippen LogP contribution is 2.32. The molecule has 1 aliphatic carbocycles. The lowest BCUT2D eigenvalue weighted by Gasteiger charge is -2.23. The minimum atomic E-state index is 0. The number of ether oxygens (including phenoxy) is 3. The van der Waals surface area contributed by atoms with E-state index in [9.17, 15) is 0 Å². The van der Waals surface area contributed by atoms with Gasteiger partial charge in [0.25, 0.3) is 0 Å². The second-order valence-electron chi connectivity index (χ2n) is 7.56. The van der Waals surface area contributed by atoms with Gasteiger partial charge in [0.1, 0.15) is 5.75 Å². The smallest absolute Gasteiger partial charge is 0.193 e. The summed E-state index contributed by atoms with van der Waals surface area (Å²) in [4.78, 5) is 4.44. The molecule has 2 aromatic rings. The van der Waals surface area contributed by atoms with Gasteiger partial charge in [0.05, 0.1) is 25.9 Å². The number of hydrogen-bond donors (Lipinski definition) is 2. The monoisotopic (exact) mass is 523 g/mol. The largest absolute Gasteiger partial charge is 0.490 e. The maximum atomic E-state index is 6.07. The molecule has 0 aromatic heterocycles. The van der Waals surface area contributed by atoms with Gasteiger partial charge in [-0.15, -0.1) is 24.0 Å². The van der Waals surface area contributed by atoms with Crippen molar-refractivity contribution in [2.45, 2.75) is 51.2 Å². The number of hydrogen-bond acceptors (Lipinski definition) is 4. The van der Waals surface area contributed by atoms with E-state index in [1.165, 1.54) is 19.3 Å². The molecule has 0 amide bonds. The molecule has 7 heteroatoms. The molecule has 3 N–H and O–H groups in total. The van der Waals surface area contributed by atoms with Crippen LogP contribution in [0.2, 0.25) is 0 Å². The van der Waals surface area contributed by atoms with E-state index in [2.05, 4.69) is 10.3 Å². The van der Waals surface area contributed by atoms with E-state index < -0.39 is 0 Å². The van der Waals surface area contributed by atoms with Crippen LogP contribution in [-0.4, -0.2) is 25.3 Å². The minimum Gasteiger partial charge on any atom is -0.490 e. The van der Waals surface area contributed by atoms with Crippen molar-refractivity contribution >= 4 is 35.6 Å². The van der Waals surface area contributed by atoms with Crippen LogP contribution < -0.4 is 25.3 Å². The van der Waals surface area contributed by atoms with Crippen LogP contribution in [0.5, 0.6) is 17.2 Å². The number of rotatable bonds is 5. The molecule has 0 saturated heterocycles. The van der Waals surface area contributed by atoms with E-state index in [1.807, 2.05) is 42.5 Å². The van der Waals surface area contributed by atoms with Gasteiger partial charge in [0.2, 0.25) is 0 Å². The van der Waals surface area contributed by atoms with E-state index in [0.29, 0.717) is 31.8 Å². The molecule has 1 heterocycles. The second-order valence-corrected chi connectivity index (χ2v) is 7.56. The highest BCUT2D eigenvalue weighted by atomic mass is 127. The Balaban J connectivity index is 0.00000256. The summed E-state index contributed by atoms with van der Waals surface area (Å²) in [6, 6.07) is 13.8. The normalized spacial score (nSPS) is 16.9. The lowest BCUT2D eigenvalue weighted by molar-refractivity contribution is 0.155. The molecule has 0 radical (unpaired) electrons. The molecule has 0 unspecified atom stereocenters. The summed E-state index contributed by atoms with van der Waals surface area (Å²) in [5.41, 5.74) is 7.97. The van der Waals surface area contributed by atoms with Gasteiger partial charge in [-0.05, 0) is 55.5 Å². The number of nitrogens with one attached hydrogen (secondary N) is 1. The molecule has 2 aliphatic rings. The average Bonchev–Trinajstić information content (AvgIpc) is 2.99. The number of anilines is 1. The number of guanidine groups is 1. The molecule has 2 aromatic carbocycles.